The maximum absolute atomic E-state index is 5.61. The molecule has 17 heavy (non-hydrogen) atoms. The van der Waals surface area contributed by atoms with Crippen molar-refractivity contribution in [2.75, 3.05) is 18.5 Å². The second-order valence-corrected chi connectivity index (χ2v) is 5.38. The van der Waals surface area contributed by atoms with Gasteiger partial charge in [-0.2, -0.15) is 0 Å². The molecule has 1 aromatic carbocycles. The topological polar surface area (TPSA) is 47.3 Å². The van der Waals surface area contributed by atoms with Gasteiger partial charge in [0, 0.05) is 35.0 Å². The smallest absolute Gasteiger partial charge is 0.105 e. The molecule has 1 saturated heterocycles. The van der Waals surface area contributed by atoms with Gasteiger partial charge in [0.2, 0.25) is 0 Å². The van der Waals surface area contributed by atoms with Gasteiger partial charge < -0.3 is 15.8 Å². The van der Waals surface area contributed by atoms with Crippen LogP contribution in [0.5, 0.6) is 0 Å². The Kier molecular flexibility index (Phi) is 4.36. The Labute approximate surface area is 115 Å². The number of nitrogens with one attached hydrogen (secondary N) is 1. The Balaban J connectivity index is 2.06. The Morgan fingerprint density at radius 2 is 2.12 bits per heavy atom. The van der Waals surface area contributed by atoms with Crippen LogP contribution in [-0.4, -0.2) is 24.2 Å². The van der Waals surface area contributed by atoms with Crippen LogP contribution in [0.2, 0.25) is 0 Å². The number of benzene rings is 1. The van der Waals surface area contributed by atoms with E-state index in [1.54, 1.807) is 0 Å². The monoisotopic (exact) mass is 314 g/mol. The quantitative estimate of drug-likeness (QED) is 0.842. The van der Waals surface area contributed by atoms with E-state index in [4.69, 9.17) is 22.7 Å². The standard InChI is InChI=1S/C12H15BrN2OS/c13-11-7-9(1-2-10(11)12(14)17)15-8-3-5-16-6-4-8/h1-2,7-8,15H,3-6H2,(H2,14,17). The molecule has 1 aliphatic rings. The summed E-state index contributed by atoms with van der Waals surface area (Å²) in [5, 5.41) is 3.49. The Hall–Kier alpha value is -0.650. The molecule has 0 radical (unpaired) electrons. The van der Waals surface area contributed by atoms with Gasteiger partial charge in [-0.15, -0.1) is 0 Å². The zero-order chi connectivity index (χ0) is 12.3. The molecule has 0 spiro atoms. The number of hydrogen-bond acceptors (Lipinski definition) is 3. The predicted octanol–water partition coefficient (Wildman–Crippen LogP) is 2.67. The number of thiocarbonyl (C=S) groups is 1. The van der Waals surface area contributed by atoms with Crippen LogP contribution < -0.4 is 11.1 Å². The van der Waals surface area contributed by atoms with Gasteiger partial charge in [0.05, 0.1) is 0 Å². The summed E-state index contributed by atoms with van der Waals surface area (Å²) in [6.45, 7) is 1.67. The first-order chi connectivity index (χ1) is 8.16. The Bertz CT molecular complexity index is 419. The van der Waals surface area contributed by atoms with Crippen molar-refractivity contribution in [2.45, 2.75) is 18.9 Å². The molecule has 3 N–H and O–H groups in total. The number of halogens is 1. The number of nitrogens with two attached hydrogens (primary N) is 1. The third-order valence-electron chi connectivity index (χ3n) is 2.83. The molecule has 1 aromatic rings. The molecule has 0 aromatic heterocycles. The third kappa shape index (κ3) is 3.40. The van der Waals surface area contributed by atoms with E-state index in [0.29, 0.717) is 11.0 Å². The molecule has 0 aliphatic carbocycles. The predicted molar refractivity (Wildman–Crippen MR) is 77.5 cm³/mol. The third-order valence-corrected chi connectivity index (χ3v) is 3.70. The number of ether oxygens (including phenoxy) is 1. The van der Waals surface area contributed by atoms with E-state index in [2.05, 4.69) is 21.2 Å². The second kappa shape index (κ2) is 5.80. The highest BCUT2D eigenvalue weighted by Crippen LogP contribution is 2.23. The van der Waals surface area contributed by atoms with Crippen LogP contribution in [0.25, 0.3) is 0 Å². The van der Waals surface area contributed by atoms with Crippen molar-refractivity contribution in [3.63, 3.8) is 0 Å². The highest BCUT2D eigenvalue weighted by molar-refractivity contribution is 9.10. The molecule has 0 unspecified atom stereocenters. The number of hydrogen-bond donors (Lipinski definition) is 2. The van der Waals surface area contributed by atoms with Crippen LogP contribution in [0.3, 0.4) is 0 Å². The maximum atomic E-state index is 5.61. The first kappa shape index (κ1) is 12.8. The van der Waals surface area contributed by atoms with Crippen molar-refractivity contribution in [2.24, 2.45) is 5.73 Å². The minimum absolute atomic E-state index is 0.412. The van der Waals surface area contributed by atoms with Gasteiger partial charge in [-0.25, -0.2) is 0 Å². The van der Waals surface area contributed by atoms with Crippen LogP contribution in [0, 0.1) is 0 Å². The van der Waals surface area contributed by atoms with Gasteiger partial charge in [0.25, 0.3) is 0 Å². The van der Waals surface area contributed by atoms with Gasteiger partial charge in [-0.1, -0.05) is 12.2 Å². The average Bonchev–Trinajstić information content (AvgIpc) is 2.30. The minimum atomic E-state index is 0.412. The fourth-order valence-electron chi connectivity index (χ4n) is 1.88. The molecule has 0 atom stereocenters. The summed E-state index contributed by atoms with van der Waals surface area (Å²) in [6.07, 6.45) is 2.10. The van der Waals surface area contributed by atoms with E-state index >= 15 is 0 Å². The van der Waals surface area contributed by atoms with E-state index in [0.717, 1.165) is 41.8 Å². The van der Waals surface area contributed by atoms with Gasteiger partial charge in [-0.05, 0) is 47.0 Å². The van der Waals surface area contributed by atoms with Crippen molar-refractivity contribution in [3.05, 3.63) is 28.2 Å². The largest absolute Gasteiger partial charge is 0.389 e. The van der Waals surface area contributed by atoms with Crippen LogP contribution in [0.4, 0.5) is 5.69 Å². The summed E-state index contributed by atoms with van der Waals surface area (Å²) in [4.78, 5) is 0.412. The Morgan fingerprint density at radius 1 is 1.41 bits per heavy atom. The molecule has 92 valence electrons. The van der Waals surface area contributed by atoms with Crippen molar-refractivity contribution in [1.29, 1.82) is 0 Å². The van der Waals surface area contributed by atoms with Crippen molar-refractivity contribution in [1.82, 2.24) is 0 Å². The van der Waals surface area contributed by atoms with Crippen molar-refractivity contribution < 1.29 is 4.74 Å². The average molecular weight is 315 g/mol. The van der Waals surface area contributed by atoms with Crippen LogP contribution in [-0.2, 0) is 4.74 Å². The summed E-state index contributed by atoms with van der Waals surface area (Å²) in [5.74, 6) is 0. The fourth-order valence-corrected chi connectivity index (χ4v) is 2.78. The van der Waals surface area contributed by atoms with E-state index < -0.39 is 0 Å². The summed E-state index contributed by atoms with van der Waals surface area (Å²) in [6, 6.07) is 6.46. The minimum Gasteiger partial charge on any atom is -0.389 e. The summed E-state index contributed by atoms with van der Waals surface area (Å²) in [5.41, 5.74) is 7.57. The fraction of sp³-hybridized carbons (Fsp3) is 0.417. The zero-order valence-corrected chi connectivity index (χ0v) is 11.8. The molecule has 0 saturated carbocycles. The molecule has 1 heterocycles. The molecule has 2 rings (SSSR count). The number of rotatable bonds is 3. The molecule has 0 bridgehead atoms. The van der Waals surface area contributed by atoms with Gasteiger partial charge in [0.15, 0.2) is 0 Å². The van der Waals surface area contributed by atoms with Crippen LogP contribution in [0.1, 0.15) is 18.4 Å². The van der Waals surface area contributed by atoms with Gasteiger partial charge >= 0.3 is 0 Å². The van der Waals surface area contributed by atoms with E-state index in [1.165, 1.54) is 0 Å². The van der Waals surface area contributed by atoms with E-state index in [-0.39, 0.29) is 0 Å². The van der Waals surface area contributed by atoms with E-state index in [9.17, 15) is 0 Å². The molecule has 3 nitrogen and oxygen atoms in total. The lowest BCUT2D eigenvalue weighted by atomic mass is 10.1. The van der Waals surface area contributed by atoms with Crippen LogP contribution >= 0.6 is 28.1 Å². The van der Waals surface area contributed by atoms with Gasteiger partial charge in [-0.3, -0.25) is 0 Å². The lowest BCUT2D eigenvalue weighted by molar-refractivity contribution is 0.0904. The lowest BCUT2D eigenvalue weighted by Gasteiger charge is -2.24. The maximum Gasteiger partial charge on any atom is 0.105 e. The summed E-state index contributed by atoms with van der Waals surface area (Å²) in [7, 11) is 0. The zero-order valence-electron chi connectivity index (χ0n) is 9.41. The summed E-state index contributed by atoms with van der Waals surface area (Å²) >= 11 is 8.45. The summed E-state index contributed by atoms with van der Waals surface area (Å²) < 4.78 is 6.26. The molecule has 5 heteroatoms. The number of anilines is 1. The Morgan fingerprint density at radius 3 is 2.71 bits per heavy atom. The van der Waals surface area contributed by atoms with E-state index in [1.807, 2.05) is 18.2 Å². The first-order valence-corrected chi connectivity index (χ1v) is 6.80. The normalized spacial score (nSPS) is 16.8. The molecule has 1 aliphatic heterocycles. The SMILES string of the molecule is NC(=S)c1ccc(NC2CCOCC2)cc1Br. The van der Waals surface area contributed by atoms with Gasteiger partial charge in [0.1, 0.15) is 4.99 Å². The molecular weight excluding hydrogens is 300 g/mol. The lowest BCUT2D eigenvalue weighted by Crippen LogP contribution is -2.27. The highest BCUT2D eigenvalue weighted by Gasteiger charge is 2.13. The first-order valence-electron chi connectivity index (χ1n) is 5.60. The molecular formula is C12H15BrN2OS. The highest BCUT2D eigenvalue weighted by atomic mass is 79.9. The molecule has 1 fully saturated rings. The molecule has 0 amide bonds. The van der Waals surface area contributed by atoms with Crippen molar-refractivity contribution in [3.8, 4) is 0 Å². The van der Waals surface area contributed by atoms with Crippen LogP contribution in [0.15, 0.2) is 22.7 Å². The second-order valence-electron chi connectivity index (χ2n) is 4.09. The van der Waals surface area contributed by atoms with Crippen molar-refractivity contribution >= 4 is 38.8 Å².